The summed E-state index contributed by atoms with van der Waals surface area (Å²) in [6.45, 7) is 0. The molecule has 0 saturated heterocycles. The molecule has 0 fully saturated rings. The van der Waals surface area contributed by atoms with E-state index in [1.165, 1.54) is 35.0 Å². The van der Waals surface area contributed by atoms with E-state index in [4.69, 9.17) is 0 Å². The highest BCUT2D eigenvalue weighted by Gasteiger charge is 2.07. The first-order valence-corrected chi connectivity index (χ1v) is 6.01. The summed E-state index contributed by atoms with van der Waals surface area (Å²) in [6.07, 6.45) is 0. The molecule has 0 saturated carbocycles. The van der Waals surface area contributed by atoms with E-state index in [-0.39, 0.29) is 17.1 Å². The number of aromatic amines is 1. The van der Waals surface area contributed by atoms with E-state index in [1.54, 1.807) is 24.3 Å². The quantitative estimate of drug-likeness (QED) is 0.752. The van der Waals surface area contributed by atoms with Crippen molar-refractivity contribution in [3.8, 4) is 22.7 Å². The van der Waals surface area contributed by atoms with Gasteiger partial charge in [0.2, 0.25) is 0 Å². The SMILES string of the molecule is O=c1cc(-c2ccc(F)cc2)[nH]n1-c1ccc(O)cc1. The van der Waals surface area contributed by atoms with E-state index in [1.807, 2.05) is 0 Å². The Balaban J connectivity index is 2.05. The number of rotatable bonds is 2. The molecule has 0 aliphatic heterocycles. The van der Waals surface area contributed by atoms with Gasteiger partial charge in [-0.15, -0.1) is 0 Å². The molecule has 4 nitrogen and oxygen atoms in total. The second-order valence-electron chi connectivity index (χ2n) is 4.37. The van der Waals surface area contributed by atoms with E-state index in [9.17, 15) is 14.3 Å². The van der Waals surface area contributed by atoms with E-state index >= 15 is 0 Å². The largest absolute Gasteiger partial charge is 0.508 e. The molecule has 5 heteroatoms. The molecule has 3 rings (SSSR count). The van der Waals surface area contributed by atoms with E-state index in [0.29, 0.717) is 11.4 Å². The van der Waals surface area contributed by atoms with Crippen LogP contribution in [0.1, 0.15) is 0 Å². The number of nitrogens with one attached hydrogen (secondary N) is 1. The van der Waals surface area contributed by atoms with Gasteiger partial charge < -0.3 is 5.11 Å². The Morgan fingerprint density at radius 3 is 2.30 bits per heavy atom. The van der Waals surface area contributed by atoms with Gasteiger partial charge in [-0.25, -0.2) is 9.07 Å². The Kier molecular flexibility index (Phi) is 2.87. The second-order valence-corrected chi connectivity index (χ2v) is 4.37. The molecule has 0 amide bonds. The smallest absolute Gasteiger partial charge is 0.271 e. The zero-order valence-corrected chi connectivity index (χ0v) is 10.4. The minimum atomic E-state index is -0.325. The van der Waals surface area contributed by atoms with Gasteiger partial charge in [-0.3, -0.25) is 9.89 Å². The molecule has 0 bridgehead atoms. The van der Waals surface area contributed by atoms with Crippen LogP contribution < -0.4 is 5.56 Å². The van der Waals surface area contributed by atoms with Crippen molar-refractivity contribution in [1.29, 1.82) is 0 Å². The molecule has 2 aromatic carbocycles. The molecule has 0 spiro atoms. The maximum Gasteiger partial charge on any atom is 0.271 e. The maximum absolute atomic E-state index is 12.9. The number of H-pyrrole nitrogens is 1. The fourth-order valence-electron chi connectivity index (χ4n) is 1.97. The molecule has 0 unspecified atom stereocenters. The van der Waals surface area contributed by atoms with Crippen LogP contribution >= 0.6 is 0 Å². The first-order valence-electron chi connectivity index (χ1n) is 6.01. The first kappa shape index (κ1) is 12.2. The molecular weight excluding hydrogens is 259 g/mol. The molecule has 20 heavy (non-hydrogen) atoms. The highest BCUT2D eigenvalue weighted by molar-refractivity contribution is 5.58. The van der Waals surface area contributed by atoms with Crippen LogP contribution in [0.2, 0.25) is 0 Å². The predicted octanol–water partition coefficient (Wildman–Crippen LogP) is 2.68. The zero-order valence-electron chi connectivity index (χ0n) is 10.4. The average molecular weight is 270 g/mol. The van der Waals surface area contributed by atoms with Gasteiger partial charge in [-0.05, 0) is 54.1 Å². The van der Waals surface area contributed by atoms with Gasteiger partial charge in [0.25, 0.3) is 5.56 Å². The minimum absolute atomic E-state index is 0.132. The van der Waals surface area contributed by atoms with E-state index in [0.717, 1.165) is 5.56 Å². The van der Waals surface area contributed by atoms with Gasteiger partial charge in [0.1, 0.15) is 11.6 Å². The number of hydrogen-bond donors (Lipinski definition) is 2. The number of halogens is 1. The molecule has 3 aromatic rings. The minimum Gasteiger partial charge on any atom is -0.508 e. The Hall–Kier alpha value is -2.82. The summed E-state index contributed by atoms with van der Waals surface area (Å²) in [5, 5.41) is 12.2. The van der Waals surface area contributed by atoms with Crippen molar-refractivity contribution < 1.29 is 9.50 Å². The number of phenols is 1. The van der Waals surface area contributed by atoms with Crippen LogP contribution in [0.3, 0.4) is 0 Å². The fourth-order valence-corrected chi connectivity index (χ4v) is 1.97. The standard InChI is InChI=1S/C15H11FN2O2/c16-11-3-1-10(2-4-11)14-9-15(20)18(17-14)12-5-7-13(19)8-6-12/h1-9,17,19H. The Morgan fingerprint density at radius 2 is 1.65 bits per heavy atom. The summed E-state index contributed by atoms with van der Waals surface area (Å²) < 4.78 is 14.2. The molecule has 0 aliphatic carbocycles. The van der Waals surface area contributed by atoms with Crippen LogP contribution in [-0.2, 0) is 0 Å². The number of benzene rings is 2. The van der Waals surface area contributed by atoms with Crippen molar-refractivity contribution in [1.82, 2.24) is 9.78 Å². The summed E-state index contributed by atoms with van der Waals surface area (Å²) in [5.41, 5.74) is 1.71. The zero-order chi connectivity index (χ0) is 14.1. The van der Waals surface area contributed by atoms with E-state index < -0.39 is 0 Å². The highest BCUT2D eigenvalue weighted by Crippen LogP contribution is 2.17. The van der Waals surface area contributed by atoms with Crippen LogP contribution in [0.25, 0.3) is 16.9 Å². The van der Waals surface area contributed by atoms with Crippen LogP contribution in [0.15, 0.2) is 59.4 Å². The Morgan fingerprint density at radius 1 is 1.00 bits per heavy atom. The van der Waals surface area contributed by atoms with Gasteiger partial charge in [0.15, 0.2) is 0 Å². The summed E-state index contributed by atoms with van der Waals surface area (Å²) >= 11 is 0. The van der Waals surface area contributed by atoms with Crippen LogP contribution in [0, 0.1) is 5.82 Å². The normalized spacial score (nSPS) is 10.7. The number of hydrogen-bond acceptors (Lipinski definition) is 2. The number of phenolic OH excluding ortho intramolecular Hbond substituents is 1. The third-order valence-corrected chi connectivity index (χ3v) is 2.98. The van der Waals surface area contributed by atoms with Crippen molar-refractivity contribution in [3.05, 3.63) is 70.8 Å². The maximum atomic E-state index is 12.9. The highest BCUT2D eigenvalue weighted by atomic mass is 19.1. The molecule has 1 aromatic heterocycles. The molecule has 0 aliphatic rings. The monoisotopic (exact) mass is 270 g/mol. The lowest BCUT2D eigenvalue weighted by atomic mass is 10.1. The summed E-state index contributed by atoms with van der Waals surface area (Å²) in [7, 11) is 0. The molecule has 0 atom stereocenters. The van der Waals surface area contributed by atoms with E-state index in [2.05, 4.69) is 5.10 Å². The van der Waals surface area contributed by atoms with Gasteiger partial charge >= 0.3 is 0 Å². The van der Waals surface area contributed by atoms with Crippen LogP contribution in [0.4, 0.5) is 4.39 Å². The fraction of sp³-hybridized carbons (Fsp3) is 0. The van der Waals surface area contributed by atoms with Crippen molar-refractivity contribution in [2.75, 3.05) is 0 Å². The number of aromatic hydroxyl groups is 1. The van der Waals surface area contributed by atoms with Crippen molar-refractivity contribution in [3.63, 3.8) is 0 Å². The number of nitrogens with zero attached hydrogens (tertiary/aromatic N) is 1. The lowest BCUT2D eigenvalue weighted by Crippen LogP contribution is -2.12. The van der Waals surface area contributed by atoms with Crippen molar-refractivity contribution in [2.45, 2.75) is 0 Å². The lowest BCUT2D eigenvalue weighted by molar-refractivity contribution is 0.475. The summed E-state index contributed by atoms with van der Waals surface area (Å²) in [5.74, 6) is -0.193. The lowest BCUT2D eigenvalue weighted by Gasteiger charge is -2.02. The summed E-state index contributed by atoms with van der Waals surface area (Å²) in [6, 6.07) is 13.6. The van der Waals surface area contributed by atoms with Crippen LogP contribution in [0.5, 0.6) is 5.75 Å². The Bertz CT molecular complexity index is 786. The molecule has 0 radical (unpaired) electrons. The van der Waals surface area contributed by atoms with Gasteiger partial charge in [-0.1, -0.05) is 0 Å². The molecule has 100 valence electrons. The average Bonchev–Trinajstić information content (AvgIpc) is 2.82. The van der Waals surface area contributed by atoms with Gasteiger partial charge in [0.05, 0.1) is 11.4 Å². The molecule has 1 heterocycles. The van der Waals surface area contributed by atoms with Crippen LogP contribution in [-0.4, -0.2) is 14.9 Å². The predicted molar refractivity (Wildman–Crippen MR) is 73.4 cm³/mol. The summed E-state index contributed by atoms with van der Waals surface area (Å²) in [4.78, 5) is 12.0. The third-order valence-electron chi connectivity index (χ3n) is 2.98. The molecular formula is C15H11FN2O2. The van der Waals surface area contributed by atoms with Gasteiger partial charge in [0, 0.05) is 6.07 Å². The van der Waals surface area contributed by atoms with Crippen molar-refractivity contribution in [2.24, 2.45) is 0 Å². The van der Waals surface area contributed by atoms with Gasteiger partial charge in [-0.2, -0.15) is 0 Å². The second kappa shape index (κ2) is 4.70. The number of aromatic nitrogens is 2. The topological polar surface area (TPSA) is 58.0 Å². The Labute approximate surface area is 113 Å². The first-order chi connectivity index (χ1) is 9.63. The van der Waals surface area contributed by atoms with Crippen molar-refractivity contribution >= 4 is 0 Å². The third kappa shape index (κ3) is 2.21. The molecule has 2 N–H and O–H groups in total.